The summed E-state index contributed by atoms with van der Waals surface area (Å²) in [5.74, 6) is 0. The van der Waals surface area contributed by atoms with Crippen molar-refractivity contribution in [1.29, 1.82) is 5.26 Å². The molecule has 0 saturated heterocycles. The fraction of sp³-hybridized carbons (Fsp3) is 0.0204. The summed E-state index contributed by atoms with van der Waals surface area (Å²) in [6.45, 7) is 7.41. The van der Waals surface area contributed by atoms with Gasteiger partial charge in [0.2, 0.25) is 0 Å². The molecule has 0 N–H and O–H groups in total. The molecule has 0 bridgehead atoms. The van der Waals surface area contributed by atoms with Crippen LogP contribution in [0.1, 0.15) is 27.8 Å². The average Bonchev–Trinajstić information content (AvgIpc) is 3.54. The molecule has 1 aliphatic rings. The summed E-state index contributed by atoms with van der Waals surface area (Å²) in [5.41, 5.74) is 15.9. The number of rotatable bonds is 6. The van der Waals surface area contributed by atoms with Crippen molar-refractivity contribution in [1.82, 2.24) is 9.97 Å². The topological polar surface area (TPSA) is 53.9 Å². The molecule has 6 aromatic carbocycles. The number of hydrogen-bond donors (Lipinski definition) is 0. The van der Waals surface area contributed by atoms with Crippen molar-refractivity contribution in [2.45, 2.75) is 5.41 Å². The van der Waals surface area contributed by atoms with Crippen LogP contribution in [-0.4, -0.2) is 9.97 Å². The van der Waals surface area contributed by atoms with Crippen LogP contribution in [-0.2, 0) is 5.41 Å². The van der Waals surface area contributed by atoms with Gasteiger partial charge in [0, 0.05) is 18.0 Å². The predicted molar refractivity (Wildman–Crippen MR) is 212 cm³/mol. The van der Waals surface area contributed by atoms with Crippen LogP contribution in [0.15, 0.2) is 182 Å². The second-order valence-corrected chi connectivity index (χ2v) is 13.2. The predicted octanol–water partition coefficient (Wildman–Crippen LogP) is 11.9. The molecule has 0 spiro atoms. The van der Waals surface area contributed by atoms with Gasteiger partial charge in [-0.3, -0.25) is 9.97 Å². The van der Waals surface area contributed by atoms with Gasteiger partial charge in [0.15, 0.2) is 5.69 Å². The van der Waals surface area contributed by atoms with E-state index in [0.29, 0.717) is 11.3 Å². The maximum atomic E-state index is 9.40. The molecule has 0 fully saturated rings. The van der Waals surface area contributed by atoms with Crippen molar-refractivity contribution >= 4 is 5.69 Å². The lowest BCUT2D eigenvalue weighted by molar-refractivity contribution is 0.769. The first-order valence-electron chi connectivity index (χ1n) is 17.5. The van der Waals surface area contributed by atoms with Gasteiger partial charge >= 0.3 is 0 Å². The Morgan fingerprint density at radius 3 is 1.42 bits per heavy atom. The highest BCUT2D eigenvalue weighted by molar-refractivity contribution is 5.90. The van der Waals surface area contributed by atoms with E-state index in [1.54, 1.807) is 24.5 Å². The van der Waals surface area contributed by atoms with Crippen molar-refractivity contribution in [3.63, 3.8) is 0 Å². The third kappa shape index (κ3) is 5.38. The molecule has 0 saturated carbocycles. The normalized spacial score (nSPS) is 12.3. The zero-order valence-electron chi connectivity index (χ0n) is 28.6. The van der Waals surface area contributed by atoms with Gasteiger partial charge in [-0.05, 0) is 97.6 Å². The van der Waals surface area contributed by atoms with Crippen molar-refractivity contribution in [2.75, 3.05) is 0 Å². The molecule has 9 rings (SSSR count). The second kappa shape index (κ2) is 13.1. The molecule has 4 nitrogen and oxygen atoms in total. The number of pyridine rings is 2. The third-order valence-electron chi connectivity index (χ3n) is 10.3. The molecule has 2 heterocycles. The van der Waals surface area contributed by atoms with Crippen LogP contribution in [0, 0.1) is 17.9 Å². The largest absolute Gasteiger partial charge is 0.259 e. The lowest BCUT2D eigenvalue weighted by atomic mass is 9.67. The highest BCUT2D eigenvalue weighted by Crippen LogP contribution is 2.57. The standard InChI is InChI=1S/C49H30N4/c1-51-42-25-27-53-48(31-42)37-18-14-35(15-19-37)39-21-23-44-43-22-20-38(34-12-16-36(17-13-34)47-28-33(32-50)24-26-52-47)29-45(43)49(46(44)30-39,40-8-4-2-5-9-40)41-10-6-3-7-11-41/h2-31H. The van der Waals surface area contributed by atoms with Crippen molar-refractivity contribution in [3.8, 4) is 62.0 Å². The van der Waals surface area contributed by atoms with Gasteiger partial charge in [-0.15, -0.1) is 0 Å². The highest BCUT2D eigenvalue weighted by Gasteiger charge is 2.46. The summed E-state index contributed by atoms with van der Waals surface area (Å²) < 4.78 is 0. The third-order valence-corrected chi connectivity index (χ3v) is 10.3. The Morgan fingerprint density at radius 2 is 0.925 bits per heavy atom. The van der Waals surface area contributed by atoms with E-state index in [0.717, 1.165) is 44.8 Å². The molecule has 8 aromatic rings. The van der Waals surface area contributed by atoms with E-state index in [4.69, 9.17) is 6.57 Å². The van der Waals surface area contributed by atoms with E-state index in [-0.39, 0.29) is 0 Å². The number of nitrogens with zero attached hydrogens (tertiary/aromatic N) is 4. The number of fused-ring (bicyclic) bond motifs is 3. The molecular weight excluding hydrogens is 645 g/mol. The zero-order chi connectivity index (χ0) is 35.8. The summed E-state index contributed by atoms with van der Waals surface area (Å²) in [5, 5.41) is 9.40. The first-order chi connectivity index (χ1) is 26.1. The Kier molecular flexibility index (Phi) is 7.77. The minimum absolute atomic E-state index is 0.565. The first kappa shape index (κ1) is 31.6. The Bertz CT molecular complexity index is 2530. The lowest BCUT2D eigenvalue weighted by Crippen LogP contribution is -2.28. The van der Waals surface area contributed by atoms with Gasteiger partial charge in [0.25, 0.3) is 0 Å². The van der Waals surface area contributed by atoms with Crippen molar-refractivity contribution in [2.24, 2.45) is 0 Å². The minimum atomic E-state index is -0.565. The summed E-state index contributed by atoms with van der Waals surface area (Å²) in [4.78, 5) is 12.6. The van der Waals surface area contributed by atoms with Gasteiger partial charge < -0.3 is 0 Å². The number of nitriles is 1. The average molecular weight is 675 g/mol. The molecule has 0 amide bonds. The molecule has 2 aromatic heterocycles. The van der Waals surface area contributed by atoms with Crippen LogP contribution in [0.2, 0.25) is 0 Å². The Morgan fingerprint density at radius 1 is 0.472 bits per heavy atom. The van der Waals surface area contributed by atoms with E-state index in [1.807, 2.05) is 12.1 Å². The Labute approximate surface area is 308 Å². The summed E-state index contributed by atoms with van der Waals surface area (Å²) in [7, 11) is 0. The molecular formula is C49H30N4. The molecule has 1 aliphatic carbocycles. The Balaban J connectivity index is 1.19. The van der Waals surface area contributed by atoms with Gasteiger partial charge in [-0.1, -0.05) is 133 Å². The molecule has 0 unspecified atom stereocenters. The van der Waals surface area contributed by atoms with Crippen LogP contribution in [0.25, 0.3) is 60.7 Å². The number of hydrogen-bond acceptors (Lipinski definition) is 3. The van der Waals surface area contributed by atoms with Gasteiger partial charge in [0.05, 0.1) is 35.0 Å². The highest BCUT2D eigenvalue weighted by atomic mass is 14.7. The number of aromatic nitrogens is 2. The quantitative estimate of drug-likeness (QED) is 0.165. The van der Waals surface area contributed by atoms with Gasteiger partial charge in [0.1, 0.15) is 0 Å². The van der Waals surface area contributed by atoms with Gasteiger partial charge in [-0.25, -0.2) is 4.85 Å². The number of benzene rings is 6. The Hall–Kier alpha value is -7.40. The fourth-order valence-corrected chi connectivity index (χ4v) is 7.82. The molecule has 0 radical (unpaired) electrons. The molecule has 0 atom stereocenters. The van der Waals surface area contributed by atoms with E-state index < -0.39 is 5.41 Å². The van der Waals surface area contributed by atoms with Crippen LogP contribution in [0.4, 0.5) is 5.69 Å². The van der Waals surface area contributed by atoms with Gasteiger partial charge in [-0.2, -0.15) is 5.26 Å². The maximum absolute atomic E-state index is 9.40. The van der Waals surface area contributed by atoms with E-state index in [2.05, 4.69) is 166 Å². The van der Waals surface area contributed by atoms with Crippen LogP contribution < -0.4 is 0 Å². The first-order valence-corrected chi connectivity index (χ1v) is 17.5. The fourth-order valence-electron chi connectivity index (χ4n) is 7.82. The second-order valence-electron chi connectivity index (χ2n) is 13.2. The van der Waals surface area contributed by atoms with Crippen LogP contribution >= 0.6 is 0 Å². The van der Waals surface area contributed by atoms with Crippen LogP contribution in [0.3, 0.4) is 0 Å². The molecule has 0 aliphatic heterocycles. The maximum Gasteiger partial charge on any atom is 0.190 e. The van der Waals surface area contributed by atoms with Crippen LogP contribution in [0.5, 0.6) is 0 Å². The zero-order valence-corrected chi connectivity index (χ0v) is 28.6. The van der Waals surface area contributed by atoms with E-state index in [9.17, 15) is 5.26 Å². The molecule has 246 valence electrons. The van der Waals surface area contributed by atoms with E-state index >= 15 is 0 Å². The smallest absolute Gasteiger partial charge is 0.190 e. The summed E-state index contributed by atoms with van der Waals surface area (Å²) in [6, 6.07) is 61.7. The van der Waals surface area contributed by atoms with E-state index in [1.165, 1.54) is 33.4 Å². The lowest BCUT2D eigenvalue weighted by Gasteiger charge is -2.34. The summed E-state index contributed by atoms with van der Waals surface area (Å²) in [6.07, 6.45) is 3.37. The molecule has 4 heteroatoms. The van der Waals surface area contributed by atoms with Crippen molar-refractivity contribution in [3.05, 3.63) is 221 Å². The van der Waals surface area contributed by atoms with Crippen molar-refractivity contribution < 1.29 is 0 Å². The monoisotopic (exact) mass is 674 g/mol. The summed E-state index contributed by atoms with van der Waals surface area (Å²) >= 11 is 0. The molecule has 53 heavy (non-hydrogen) atoms. The SMILES string of the molecule is [C-]#[N+]c1ccnc(-c2ccc(-c3ccc4c(c3)C(c3ccccc3)(c3ccccc3)c3cc(-c5ccc(-c6cc(C#N)ccn6)cc5)ccc3-4)cc2)c1. The minimum Gasteiger partial charge on any atom is -0.259 e.